The SMILES string of the molecule is CCCCC[N+](CC)(CC)CCC.O=S(=O)([SH+]S(=O)(=O)C(F)(F)F)C(F)(F)F. The smallest absolute Gasteiger partial charge is 0.324 e. The first-order chi connectivity index (χ1) is 12.4. The maximum atomic E-state index is 11.5. The predicted octanol–water partition coefficient (Wildman–Crippen LogP) is 3.94. The van der Waals surface area contributed by atoms with Crippen molar-refractivity contribution in [1.82, 2.24) is 0 Å². The van der Waals surface area contributed by atoms with Crippen LogP contribution in [0.3, 0.4) is 0 Å². The number of hydrogen-bond acceptors (Lipinski definition) is 4. The molecule has 0 spiro atoms. The third-order valence-corrected chi connectivity index (χ3v) is 11.6. The zero-order chi connectivity index (χ0) is 22.9. The highest BCUT2D eigenvalue weighted by Crippen LogP contribution is 2.32. The van der Waals surface area contributed by atoms with E-state index in [1.165, 1.54) is 56.3 Å². The van der Waals surface area contributed by atoms with Crippen LogP contribution in [0.2, 0.25) is 0 Å². The predicted molar refractivity (Wildman–Crippen MR) is 99.6 cm³/mol. The normalized spacial score (nSPS) is 13.8. The first-order valence-electron chi connectivity index (χ1n) is 8.67. The molecule has 0 fully saturated rings. The van der Waals surface area contributed by atoms with Crippen molar-refractivity contribution in [2.24, 2.45) is 0 Å². The van der Waals surface area contributed by atoms with Crippen molar-refractivity contribution in [2.45, 2.75) is 64.4 Å². The number of hydrogen-bond donors (Lipinski definition) is 0. The molecule has 0 saturated carbocycles. The number of unbranched alkanes of at least 4 members (excludes halogenated alkanes) is 2. The Balaban J connectivity index is 0. The van der Waals surface area contributed by atoms with E-state index in [2.05, 4.69) is 27.7 Å². The average molecular weight is 486 g/mol. The summed E-state index contributed by atoms with van der Waals surface area (Å²) in [4.78, 5) is 0. The molecule has 0 unspecified atom stereocenters. The highest BCUT2D eigenvalue weighted by molar-refractivity contribution is 8.94. The van der Waals surface area contributed by atoms with Crippen LogP contribution < -0.4 is 0 Å². The van der Waals surface area contributed by atoms with E-state index in [0.717, 1.165) is 0 Å². The van der Waals surface area contributed by atoms with Crippen molar-refractivity contribution < 1.29 is 47.7 Å². The van der Waals surface area contributed by atoms with Gasteiger partial charge in [0.05, 0.1) is 26.2 Å². The number of nitrogens with zero attached hydrogens (tertiary/aromatic N) is 1. The molecule has 0 aromatic rings. The molecule has 0 N–H and O–H groups in total. The average Bonchev–Trinajstić information content (AvgIpc) is 2.52. The summed E-state index contributed by atoms with van der Waals surface area (Å²) < 4.78 is 111. The van der Waals surface area contributed by atoms with Gasteiger partial charge >= 0.3 is 28.8 Å². The van der Waals surface area contributed by atoms with Crippen molar-refractivity contribution in [1.29, 1.82) is 0 Å². The summed E-state index contributed by atoms with van der Waals surface area (Å²) >= 11 is 0. The van der Waals surface area contributed by atoms with Gasteiger partial charge in [0.2, 0.25) is 9.83 Å². The lowest BCUT2D eigenvalue weighted by Gasteiger charge is -2.36. The molecule has 0 heterocycles. The van der Waals surface area contributed by atoms with Gasteiger partial charge in [0.25, 0.3) is 0 Å². The Kier molecular flexibility index (Phi) is 12.7. The largest absolute Gasteiger partial charge is 0.545 e. The lowest BCUT2D eigenvalue weighted by atomic mass is 10.2. The van der Waals surface area contributed by atoms with E-state index in [9.17, 15) is 43.2 Å². The van der Waals surface area contributed by atoms with Gasteiger partial charge in [-0.25, -0.2) is 0 Å². The van der Waals surface area contributed by atoms with Gasteiger partial charge in [-0.05, 0) is 33.1 Å². The molecule has 0 rings (SSSR count). The monoisotopic (exact) mass is 485 g/mol. The molecule has 0 bridgehead atoms. The molecular formula is C14H29F6NO4S3+2. The Labute approximate surface area is 166 Å². The number of quaternary nitrogens is 1. The fourth-order valence-corrected chi connectivity index (χ4v) is 7.91. The van der Waals surface area contributed by atoms with Crippen molar-refractivity contribution in [3.8, 4) is 0 Å². The molecule has 0 radical (unpaired) electrons. The van der Waals surface area contributed by atoms with E-state index in [4.69, 9.17) is 0 Å². The van der Waals surface area contributed by atoms with Crippen LogP contribution in [0, 0.1) is 0 Å². The van der Waals surface area contributed by atoms with Crippen LogP contribution in [-0.2, 0) is 27.6 Å². The zero-order valence-electron chi connectivity index (χ0n) is 16.3. The van der Waals surface area contributed by atoms with Crippen molar-refractivity contribution in [2.75, 3.05) is 26.2 Å². The van der Waals surface area contributed by atoms with Gasteiger partial charge < -0.3 is 4.48 Å². The minimum atomic E-state index is -6.37. The Morgan fingerprint density at radius 2 is 1.07 bits per heavy atom. The zero-order valence-corrected chi connectivity index (χ0v) is 18.8. The van der Waals surface area contributed by atoms with E-state index >= 15 is 0 Å². The Hall–Kier alpha value is -0.210. The molecule has 0 aromatic carbocycles. The Bertz CT molecular complexity index is 599. The van der Waals surface area contributed by atoms with Gasteiger partial charge in [0.1, 0.15) is 0 Å². The van der Waals surface area contributed by atoms with Crippen LogP contribution in [0.25, 0.3) is 0 Å². The second-order valence-electron chi connectivity index (χ2n) is 6.04. The molecular weight excluding hydrogens is 456 g/mol. The molecule has 0 atom stereocenters. The molecule has 14 heteroatoms. The van der Waals surface area contributed by atoms with Crippen molar-refractivity contribution in [3.63, 3.8) is 0 Å². The molecule has 28 heavy (non-hydrogen) atoms. The minimum absolute atomic E-state index is 1.31. The van der Waals surface area contributed by atoms with E-state index < -0.39 is 38.6 Å². The summed E-state index contributed by atoms with van der Waals surface area (Å²) in [5.74, 6) is 0. The van der Waals surface area contributed by atoms with Gasteiger partial charge in [-0.2, -0.15) is 43.2 Å². The Morgan fingerprint density at radius 1 is 0.679 bits per heavy atom. The molecule has 0 amide bonds. The number of alkyl halides is 6. The van der Waals surface area contributed by atoms with Crippen LogP contribution in [0.15, 0.2) is 0 Å². The summed E-state index contributed by atoms with van der Waals surface area (Å²) in [6.07, 6.45) is 5.50. The molecule has 0 saturated heterocycles. The summed E-state index contributed by atoms with van der Waals surface area (Å²) in [5.41, 5.74) is -12.1. The summed E-state index contributed by atoms with van der Waals surface area (Å²) in [7, 11) is -15.5. The first kappa shape index (κ1) is 30.0. The van der Waals surface area contributed by atoms with Crippen LogP contribution in [0.4, 0.5) is 26.3 Å². The first-order valence-corrected chi connectivity index (χ1v) is 13.7. The fraction of sp³-hybridized carbons (Fsp3) is 1.00. The lowest BCUT2D eigenvalue weighted by molar-refractivity contribution is -0.925. The van der Waals surface area contributed by atoms with E-state index in [1.54, 1.807) is 0 Å². The molecule has 0 aliphatic heterocycles. The van der Waals surface area contributed by atoms with Crippen molar-refractivity contribution in [3.05, 3.63) is 0 Å². The number of halogens is 6. The van der Waals surface area contributed by atoms with Crippen LogP contribution >= 0.6 is 0 Å². The van der Waals surface area contributed by atoms with Gasteiger partial charge in [0.15, 0.2) is 0 Å². The van der Waals surface area contributed by atoms with Crippen LogP contribution in [0.1, 0.15) is 53.4 Å². The fourth-order valence-electron chi connectivity index (χ4n) is 2.35. The van der Waals surface area contributed by atoms with E-state index in [-0.39, 0.29) is 0 Å². The maximum Gasteiger partial charge on any atom is 0.545 e. The van der Waals surface area contributed by atoms with Gasteiger partial charge in [-0.15, -0.1) is 0 Å². The number of rotatable bonds is 10. The van der Waals surface area contributed by atoms with Crippen LogP contribution in [-0.4, -0.2) is 58.5 Å². The second kappa shape index (κ2) is 11.8. The molecule has 0 aliphatic carbocycles. The van der Waals surface area contributed by atoms with Gasteiger partial charge in [0, 0.05) is 0 Å². The van der Waals surface area contributed by atoms with Gasteiger partial charge in [-0.3, -0.25) is 0 Å². The third-order valence-electron chi connectivity index (χ3n) is 4.06. The van der Waals surface area contributed by atoms with Gasteiger partial charge in [-0.1, -0.05) is 20.3 Å². The highest BCUT2D eigenvalue weighted by atomic mass is 33.5. The molecule has 0 aromatic heterocycles. The summed E-state index contributed by atoms with van der Waals surface area (Å²) in [6, 6.07) is 0. The quantitative estimate of drug-likeness (QED) is 0.117. The van der Waals surface area contributed by atoms with E-state index in [0.29, 0.717) is 0 Å². The van der Waals surface area contributed by atoms with E-state index in [1.807, 2.05) is 0 Å². The molecule has 0 aliphatic rings. The molecule has 172 valence electrons. The lowest BCUT2D eigenvalue weighted by Crippen LogP contribution is -2.48. The minimum Gasteiger partial charge on any atom is -0.324 e. The standard InChI is InChI=1S/C12H28N.C2F6O4S3/c1-5-9-10-12-13(7-3,8-4)11-6-2;3-1(4,5)14(9,10)13-15(11,12)2(6,7)8/h5-12H2,1-4H3;/q+1;/p+1. The van der Waals surface area contributed by atoms with Crippen LogP contribution in [0.5, 0.6) is 0 Å². The molecule has 5 nitrogen and oxygen atoms in total. The highest BCUT2D eigenvalue weighted by Gasteiger charge is 2.63. The topological polar surface area (TPSA) is 68.3 Å². The summed E-state index contributed by atoms with van der Waals surface area (Å²) in [6.45, 7) is 14.7. The second-order valence-corrected chi connectivity index (χ2v) is 13.7. The third kappa shape index (κ3) is 10.0. The number of thiol groups is 1. The summed E-state index contributed by atoms with van der Waals surface area (Å²) in [5, 5.41) is 0. The Morgan fingerprint density at radius 3 is 1.32 bits per heavy atom. The van der Waals surface area contributed by atoms with Crippen molar-refractivity contribution >= 4 is 27.6 Å². The maximum absolute atomic E-state index is 11.5.